The van der Waals surface area contributed by atoms with Gasteiger partial charge in [-0.2, -0.15) is 23.1 Å². The monoisotopic (exact) mass is 475 g/mol. The molecule has 0 unspecified atom stereocenters. The Hall–Kier alpha value is -3.24. The molecule has 0 saturated carbocycles. The highest BCUT2D eigenvalue weighted by Crippen LogP contribution is 2.30. The Bertz CT molecular complexity index is 1290. The van der Waals surface area contributed by atoms with E-state index < -0.39 is 11.9 Å². The van der Waals surface area contributed by atoms with Gasteiger partial charge in [0.05, 0.1) is 17.1 Å². The standard InChI is InChI=1S/C22H21ClF3N7/c1-12-5-20(27)30-13(2)17(12)9-28-10-19-21(22(24,25)26)32-33(31-19)11-14-3-4-18-15(6-14)7-16(23)8-29-18/h3-8,28H,9-11H2,1-2H3,(H2,27,30). The van der Waals surface area contributed by atoms with Gasteiger partial charge in [-0.05, 0) is 54.8 Å². The number of nitrogen functional groups attached to an aromatic ring is 1. The highest BCUT2D eigenvalue weighted by atomic mass is 35.5. The minimum Gasteiger partial charge on any atom is -0.384 e. The Labute approximate surface area is 192 Å². The van der Waals surface area contributed by atoms with Gasteiger partial charge in [-0.25, -0.2) is 4.98 Å². The van der Waals surface area contributed by atoms with Crippen molar-refractivity contribution in [2.45, 2.75) is 39.7 Å². The first kappa shape index (κ1) is 22.9. The summed E-state index contributed by atoms with van der Waals surface area (Å²) in [6.07, 6.45) is -3.08. The quantitative estimate of drug-likeness (QED) is 0.428. The smallest absolute Gasteiger partial charge is 0.384 e. The zero-order chi connectivity index (χ0) is 23.8. The molecule has 7 nitrogen and oxygen atoms in total. The molecule has 0 aliphatic heterocycles. The number of aromatic nitrogens is 5. The van der Waals surface area contributed by atoms with Crippen molar-refractivity contribution in [3.05, 3.63) is 75.3 Å². The minimum absolute atomic E-state index is 0.0750. The van der Waals surface area contributed by atoms with E-state index in [1.54, 1.807) is 24.3 Å². The number of nitrogens with one attached hydrogen (secondary N) is 1. The molecule has 3 N–H and O–H groups in total. The molecule has 1 aromatic carbocycles. The number of benzene rings is 1. The lowest BCUT2D eigenvalue weighted by Gasteiger charge is -2.11. The number of fused-ring (bicyclic) bond motifs is 1. The molecular formula is C22H21ClF3N7. The number of hydrogen-bond donors (Lipinski definition) is 2. The third-order valence-corrected chi connectivity index (χ3v) is 5.40. The van der Waals surface area contributed by atoms with Gasteiger partial charge in [0.15, 0.2) is 5.69 Å². The Morgan fingerprint density at radius 2 is 1.88 bits per heavy atom. The first-order chi connectivity index (χ1) is 15.6. The zero-order valence-electron chi connectivity index (χ0n) is 17.9. The van der Waals surface area contributed by atoms with Gasteiger partial charge in [-0.3, -0.25) is 4.98 Å². The molecular weight excluding hydrogens is 455 g/mol. The minimum atomic E-state index is -4.62. The summed E-state index contributed by atoms with van der Waals surface area (Å²) in [5.41, 5.74) is 8.54. The third-order valence-electron chi connectivity index (χ3n) is 5.20. The van der Waals surface area contributed by atoms with Crippen molar-refractivity contribution in [3.63, 3.8) is 0 Å². The summed E-state index contributed by atoms with van der Waals surface area (Å²) < 4.78 is 40.8. The van der Waals surface area contributed by atoms with E-state index in [0.717, 1.165) is 38.1 Å². The van der Waals surface area contributed by atoms with Crippen LogP contribution in [0, 0.1) is 13.8 Å². The van der Waals surface area contributed by atoms with Gasteiger partial charge < -0.3 is 11.1 Å². The number of alkyl halides is 3. The molecule has 4 aromatic rings. The van der Waals surface area contributed by atoms with Crippen LogP contribution in [0.5, 0.6) is 0 Å². The molecule has 0 bridgehead atoms. The summed E-state index contributed by atoms with van der Waals surface area (Å²) in [5, 5.41) is 12.1. The average Bonchev–Trinajstić information content (AvgIpc) is 3.12. The normalized spacial score (nSPS) is 11.9. The molecule has 0 radical (unpaired) electrons. The van der Waals surface area contributed by atoms with E-state index in [1.807, 2.05) is 19.9 Å². The summed E-state index contributed by atoms with van der Waals surface area (Å²) in [7, 11) is 0. The number of halogens is 4. The summed E-state index contributed by atoms with van der Waals surface area (Å²) >= 11 is 5.99. The van der Waals surface area contributed by atoms with Crippen LogP contribution >= 0.6 is 11.6 Å². The van der Waals surface area contributed by atoms with Gasteiger partial charge in [-0.15, -0.1) is 5.10 Å². The maximum Gasteiger partial charge on any atom is 0.437 e. The predicted molar refractivity (Wildman–Crippen MR) is 120 cm³/mol. The topological polar surface area (TPSA) is 94.5 Å². The molecule has 172 valence electrons. The van der Waals surface area contributed by atoms with Crippen molar-refractivity contribution in [1.29, 1.82) is 0 Å². The Morgan fingerprint density at radius 3 is 2.61 bits per heavy atom. The van der Waals surface area contributed by atoms with Crippen molar-refractivity contribution in [2.24, 2.45) is 0 Å². The average molecular weight is 476 g/mol. The second-order valence-electron chi connectivity index (χ2n) is 7.74. The fourth-order valence-electron chi connectivity index (χ4n) is 3.67. The van der Waals surface area contributed by atoms with Crippen LogP contribution in [0.2, 0.25) is 5.02 Å². The van der Waals surface area contributed by atoms with Gasteiger partial charge in [0.2, 0.25) is 0 Å². The number of hydrogen-bond acceptors (Lipinski definition) is 6. The maximum absolute atomic E-state index is 13.6. The largest absolute Gasteiger partial charge is 0.437 e. The van der Waals surface area contributed by atoms with Crippen LogP contribution in [0.4, 0.5) is 19.0 Å². The van der Waals surface area contributed by atoms with E-state index in [9.17, 15) is 13.2 Å². The van der Waals surface area contributed by atoms with Crippen LogP contribution in [-0.4, -0.2) is 25.0 Å². The lowest BCUT2D eigenvalue weighted by atomic mass is 10.1. The third kappa shape index (κ3) is 5.23. The van der Waals surface area contributed by atoms with E-state index in [0.29, 0.717) is 17.4 Å². The number of nitrogens with two attached hydrogens (primary N) is 1. The fourth-order valence-corrected chi connectivity index (χ4v) is 3.84. The Balaban J connectivity index is 1.54. The lowest BCUT2D eigenvalue weighted by Crippen LogP contribution is -2.19. The highest BCUT2D eigenvalue weighted by Gasteiger charge is 2.38. The number of nitrogens with zero attached hydrogens (tertiary/aromatic N) is 5. The predicted octanol–water partition coefficient (Wildman–Crippen LogP) is 4.43. The molecule has 11 heteroatoms. The van der Waals surface area contributed by atoms with E-state index in [-0.39, 0.29) is 18.8 Å². The lowest BCUT2D eigenvalue weighted by molar-refractivity contribution is -0.142. The van der Waals surface area contributed by atoms with Crippen LogP contribution in [0.1, 0.15) is 33.8 Å². The fraction of sp³-hybridized carbons (Fsp3) is 0.273. The molecule has 4 rings (SSSR count). The molecule has 0 fully saturated rings. The molecule has 0 saturated heterocycles. The summed E-state index contributed by atoms with van der Waals surface area (Å²) in [4.78, 5) is 9.48. The highest BCUT2D eigenvalue weighted by molar-refractivity contribution is 6.31. The van der Waals surface area contributed by atoms with E-state index in [2.05, 4.69) is 25.5 Å². The van der Waals surface area contributed by atoms with Crippen LogP contribution in [0.15, 0.2) is 36.5 Å². The summed E-state index contributed by atoms with van der Waals surface area (Å²) in [5.74, 6) is 0.405. The van der Waals surface area contributed by atoms with E-state index in [1.165, 1.54) is 6.20 Å². The molecule has 0 aliphatic rings. The Kier molecular flexibility index (Phi) is 6.22. The van der Waals surface area contributed by atoms with Crippen molar-refractivity contribution in [3.8, 4) is 0 Å². The number of rotatable bonds is 6. The molecule has 3 heterocycles. The molecule has 0 aliphatic carbocycles. The molecule has 0 atom stereocenters. The van der Waals surface area contributed by atoms with Crippen molar-refractivity contribution < 1.29 is 13.2 Å². The first-order valence-electron chi connectivity index (χ1n) is 10.1. The van der Waals surface area contributed by atoms with Gasteiger partial charge in [0.25, 0.3) is 0 Å². The van der Waals surface area contributed by atoms with Gasteiger partial charge in [0, 0.05) is 30.4 Å². The second kappa shape index (κ2) is 8.95. The first-order valence-corrected chi connectivity index (χ1v) is 10.5. The number of pyridine rings is 2. The molecule has 33 heavy (non-hydrogen) atoms. The van der Waals surface area contributed by atoms with Crippen molar-refractivity contribution >= 4 is 28.3 Å². The van der Waals surface area contributed by atoms with Crippen LogP contribution in [0.3, 0.4) is 0 Å². The molecule has 3 aromatic heterocycles. The van der Waals surface area contributed by atoms with Gasteiger partial charge >= 0.3 is 6.18 Å². The van der Waals surface area contributed by atoms with Crippen LogP contribution in [-0.2, 0) is 25.8 Å². The van der Waals surface area contributed by atoms with Crippen molar-refractivity contribution in [2.75, 3.05) is 5.73 Å². The summed E-state index contributed by atoms with van der Waals surface area (Å²) in [6, 6.07) is 8.84. The van der Waals surface area contributed by atoms with Gasteiger partial charge in [-0.1, -0.05) is 17.7 Å². The zero-order valence-corrected chi connectivity index (χ0v) is 18.7. The molecule has 0 amide bonds. The van der Waals surface area contributed by atoms with Crippen LogP contribution < -0.4 is 11.1 Å². The van der Waals surface area contributed by atoms with Crippen LogP contribution in [0.25, 0.3) is 10.9 Å². The van der Waals surface area contributed by atoms with E-state index >= 15 is 0 Å². The SMILES string of the molecule is Cc1cc(N)nc(C)c1CNCc1nn(Cc2ccc3ncc(Cl)cc3c2)nc1C(F)(F)F. The molecule has 0 spiro atoms. The second-order valence-corrected chi connectivity index (χ2v) is 8.17. The van der Waals surface area contributed by atoms with E-state index in [4.69, 9.17) is 17.3 Å². The van der Waals surface area contributed by atoms with Gasteiger partial charge in [0.1, 0.15) is 11.5 Å². The Morgan fingerprint density at radius 1 is 1.09 bits per heavy atom. The number of anilines is 1. The van der Waals surface area contributed by atoms with Crippen molar-refractivity contribution in [1.82, 2.24) is 30.3 Å². The maximum atomic E-state index is 13.6. The number of aryl methyl sites for hydroxylation is 2. The summed E-state index contributed by atoms with van der Waals surface area (Å²) in [6.45, 7) is 3.99.